The number of aromatic nitrogens is 2. The van der Waals surface area contributed by atoms with E-state index in [-0.39, 0.29) is 17.3 Å². The van der Waals surface area contributed by atoms with Crippen molar-refractivity contribution in [2.75, 3.05) is 5.73 Å². The van der Waals surface area contributed by atoms with Crippen molar-refractivity contribution in [1.82, 2.24) is 14.9 Å². The van der Waals surface area contributed by atoms with Crippen molar-refractivity contribution in [3.8, 4) is 0 Å². The summed E-state index contributed by atoms with van der Waals surface area (Å²) in [6, 6.07) is 3.46. The van der Waals surface area contributed by atoms with Gasteiger partial charge in [0, 0.05) is 0 Å². The van der Waals surface area contributed by atoms with Crippen molar-refractivity contribution in [3.05, 3.63) is 29.9 Å². The number of sulfonamides is 1. The smallest absolute Gasteiger partial charge is 0.246 e. The first-order valence-corrected chi connectivity index (χ1v) is 6.31. The molecule has 8 heteroatoms. The number of furan rings is 1. The highest BCUT2D eigenvalue weighted by atomic mass is 32.2. The average Bonchev–Trinajstić information content (AvgIpc) is 2.85. The van der Waals surface area contributed by atoms with Gasteiger partial charge in [-0.05, 0) is 19.1 Å². The van der Waals surface area contributed by atoms with E-state index in [9.17, 15) is 8.42 Å². The first-order valence-electron chi connectivity index (χ1n) is 4.83. The van der Waals surface area contributed by atoms with Crippen molar-refractivity contribution < 1.29 is 12.8 Å². The second-order valence-corrected chi connectivity index (χ2v) is 5.22. The van der Waals surface area contributed by atoms with E-state index >= 15 is 0 Å². The van der Waals surface area contributed by atoms with Crippen LogP contribution < -0.4 is 10.5 Å². The quantitative estimate of drug-likeness (QED) is 0.731. The fourth-order valence-corrected chi connectivity index (χ4v) is 2.34. The van der Waals surface area contributed by atoms with Crippen LogP contribution in [0.5, 0.6) is 0 Å². The second-order valence-electron chi connectivity index (χ2n) is 3.48. The summed E-state index contributed by atoms with van der Waals surface area (Å²) >= 11 is 0. The molecular weight excluding hydrogens is 244 g/mol. The predicted octanol–water partition coefficient (Wildman–Crippen LogP) is 0.372. The van der Waals surface area contributed by atoms with Gasteiger partial charge in [0.05, 0.1) is 12.7 Å². The number of hydrogen-bond donors (Lipinski definition) is 3. The molecule has 0 aliphatic heterocycles. The van der Waals surface area contributed by atoms with Crippen molar-refractivity contribution in [2.24, 2.45) is 0 Å². The van der Waals surface area contributed by atoms with Gasteiger partial charge in [0.2, 0.25) is 10.0 Å². The molecule has 0 radical (unpaired) electrons. The van der Waals surface area contributed by atoms with Crippen LogP contribution in [0.4, 0.5) is 5.82 Å². The van der Waals surface area contributed by atoms with E-state index in [0.717, 1.165) is 12.0 Å². The predicted molar refractivity (Wildman–Crippen MR) is 60.5 cm³/mol. The van der Waals surface area contributed by atoms with Gasteiger partial charge in [-0.3, -0.25) is 5.10 Å². The summed E-state index contributed by atoms with van der Waals surface area (Å²) in [6.45, 7) is 1.85. The molecule has 0 aliphatic carbocycles. The Morgan fingerprint density at radius 3 is 2.82 bits per heavy atom. The van der Waals surface area contributed by atoms with Crippen molar-refractivity contribution in [3.63, 3.8) is 0 Å². The number of nitrogens with two attached hydrogens (primary N) is 1. The lowest BCUT2D eigenvalue weighted by Crippen LogP contribution is -2.23. The fourth-order valence-electron chi connectivity index (χ4n) is 1.32. The monoisotopic (exact) mass is 256 g/mol. The van der Waals surface area contributed by atoms with Crippen LogP contribution in [-0.4, -0.2) is 18.6 Å². The van der Waals surface area contributed by atoms with E-state index in [2.05, 4.69) is 14.9 Å². The number of nitrogens with zero attached hydrogens (tertiary/aromatic N) is 1. The normalized spacial score (nSPS) is 11.8. The minimum Gasteiger partial charge on any atom is -0.465 e. The Morgan fingerprint density at radius 1 is 1.53 bits per heavy atom. The molecule has 0 aromatic carbocycles. The SMILES string of the molecule is Cc1ccc(CNS(=O)(=O)c2cn[nH]c2N)o1. The molecule has 7 nitrogen and oxygen atoms in total. The van der Waals surface area contributed by atoms with Gasteiger partial charge in [-0.2, -0.15) is 5.10 Å². The lowest BCUT2D eigenvalue weighted by atomic mass is 10.4. The van der Waals surface area contributed by atoms with Gasteiger partial charge >= 0.3 is 0 Å². The zero-order chi connectivity index (χ0) is 12.5. The molecule has 0 spiro atoms. The molecular formula is C9H12N4O3S. The summed E-state index contributed by atoms with van der Waals surface area (Å²) in [4.78, 5) is -0.0687. The Morgan fingerprint density at radius 2 is 2.29 bits per heavy atom. The summed E-state index contributed by atoms with van der Waals surface area (Å²) < 4.78 is 31.2. The molecule has 0 unspecified atom stereocenters. The Balaban J connectivity index is 2.11. The first kappa shape index (κ1) is 11.7. The topological polar surface area (TPSA) is 114 Å². The molecule has 0 aliphatic rings. The Hall–Kier alpha value is -1.80. The van der Waals surface area contributed by atoms with E-state index in [0.29, 0.717) is 5.76 Å². The van der Waals surface area contributed by atoms with Crippen LogP contribution in [0.1, 0.15) is 11.5 Å². The number of hydrogen-bond acceptors (Lipinski definition) is 5. The van der Waals surface area contributed by atoms with Gasteiger partial charge in [-0.1, -0.05) is 0 Å². The minimum absolute atomic E-state index is 0.00752. The maximum atomic E-state index is 11.8. The van der Waals surface area contributed by atoms with Crippen LogP contribution in [-0.2, 0) is 16.6 Å². The second kappa shape index (κ2) is 4.22. The average molecular weight is 256 g/mol. The van der Waals surface area contributed by atoms with E-state index in [1.807, 2.05) is 0 Å². The summed E-state index contributed by atoms with van der Waals surface area (Å²) in [5, 5.41) is 5.92. The summed E-state index contributed by atoms with van der Waals surface area (Å²) in [5.41, 5.74) is 5.44. The summed E-state index contributed by atoms with van der Waals surface area (Å²) in [6.07, 6.45) is 1.16. The largest absolute Gasteiger partial charge is 0.465 e. The number of rotatable bonds is 4. The van der Waals surface area contributed by atoms with E-state index in [1.165, 1.54) is 0 Å². The van der Waals surface area contributed by atoms with Gasteiger partial charge in [-0.15, -0.1) is 0 Å². The zero-order valence-corrected chi connectivity index (χ0v) is 9.91. The van der Waals surface area contributed by atoms with Gasteiger partial charge in [0.15, 0.2) is 0 Å². The third-order valence-electron chi connectivity index (χ3n) is 2.15. The van der Waals surface area contributed by atoms with E-state index in [4.69, 9.17) is 10.2 Å². The van der Waals surface area contributed by atoms with Crippen molar-refractivity contribution in [2.45, 2.75) is 18.4 Å². The van der Waals surface area contributed by atoms with Crippen LogP contribution in [0, 0.1) is 6.92 Å². The summed E-state index contributed by atoms with van der Waals surface area (Å²) in [7, 11) is -3.67. The molecule has 0 saturated carbocycles. The maximum absolute atomic E-state index is 11.8. The number of anilines is 1. The molecule has 2 aromatic heterocycles. The first-order chi connectivity index (χ1) is 7.99. The lowest BCUT2D eigenvalue weighted by molar-refractivity contribution is 0.475. The number of H-pyrrole nitrogens is 1. The molecule has 2 aromatic rings. The molecule has 0 bridgehead atoms. The molecule has 0 atom stereocenters. The molecule has 0 fully saturated rings. The highest BCUT2D eigenvalue weighted by Gasteiger charge is 2.19. The summed E-state index contributed by atoms with van der Waals surface area (Å²) in [5.74, 6) is 1.27. The van der Waals surface area contributed by atoms with Gasteiger partial charge < -0.3 is 10.2 Å². The lowest BCUT2D eigenvalue weighted by Gasteiger charge is -2.03. The molecule has 92 valence electrons. The Kier molecular flexibility index (Phi) is 2.90. The highest BCUT2D eigenvalue weighted by molar-refractivity contribution is 7.89. The van der Waals surface area contributed by atoms with Gasteiger partial charge in [0.1, 0.15) is 22.2 Å². The number of nitrogens with one attached hydrogen (secondary N) is 2. The van der Waals surface area contributed by atoms with Crippen molar-refractivity contribution in [1.29, 1.82) is 0 Å². The maximum Gasteiger partial charge on any atom is 0.246 e. The Labute approximate surface area is 98.1 Å². The van der Waals surface area contributed by atoms with Crippen molar-refractivity contribution >= 4 is 15.8 Å². The zero-order valence-electron chi connectivity index (χ0n) is 9.10. The molecule has 0 saturated heterocycles. The number of nitrogen functional groups attached to an aromatic ring is 1. The molecule has 0 amide bonds. The third kappa shape index (κ3) is 2.48. The third-order valence-corrected chi connectivity index (χ3v) is 3.58. The highest BCUT2D eigenvalue weighted by Crippen LogP contribution is 2.14. The van der Waals surface area contributed by atoms with Crippen LogP contribution in [0.2, 0.25) is 0 Å². The number of aromatic amines is 1. The number of aryl methyl sites for hydroxylation is 1. The molecule has 4 N–H and O–H groups in total. The molecule has 2 rings (SSSR count). The molecule has 17 heavy (non-hydrogen) atoms. The molecule has 2 heterocycles. The fraction of sp³-hybridized carbons (Fsp3) is 0.222. The van der Waals surface area contributed by atoms with E-state index < -0.39 is 10.0 Å². The van der Waals surface area contributed by atoms with Crippen LogP contribution >= 0.6 is 0 Å². The van der Waals surface area contributed by atoms with Crippen LogP contribution in [0.25, 0.3) is 0 Å². The Bertz CT molecular complexity index is 614. The van der Waals surface area contributed by atoms with Gasteiger partial charge in [0.25, 0.3) is 0 Å². The minimum atomic E-state index is -3.67. The van der Waals surface area contributed by atoms with Crippen LogP contribution in [0.3, 0.4) is 0 Å². The van der Waals surface area contributed by atoms with Gasteiger partial charge in [-0.25, -0.2) is 13.1 Å². The van der Waals surface area contributed by atoms with Crippen LogP contribution in [0.15, 0.2) is 27.6 Å². The standard InChI is InChI=1S/C9H12N4O3S/c1-6-2-3-7(16-6)4-12-17(14,15)8-5-11-13-9(8)10/h2-3,5,12H,4H2,1H3,(H3,10,11,13). The van der Waals surface area contributed by atoms with E-state index in [1.54, 1.807) is 19.1 Å².